The second kappa shape index (κ2) is 7.01. The Morgan fingerprint density at radius 2 is 2.09 bits per heavy atom. The van der Waals surface area contributed by atoms with E-state index in [1.807, 2.05) is 18.7 Å². The molecule has 0 aliphatic carbocycles. The average Bonchev–Trinajstić information content (AvgIpc) is 3.22. The van der Waals surface area contributed by atoms with Crippen molar-refractivity contribution in [3.05, 3.63) is 17.5 Å². The highest BCUT2D eigenvalue weighted by Gasteiger charge is 2.39. The van der Waals surface area contributed by atoms with Crippen LogP contribution < -0.4 is 0 Å². The van der Waals surface area contributed by atoms with Gasteiger partial charge in [0, 0.05) is 38.3 Å². The van der Waals surface area contributed by atoms with Gasteiger partial charge in [-0.05, 0) is 11.8 Å². The number of nitrogens with zero attached hydrogens (tertiary/aromatic N) is 3. The first kappa shape index (κ1) is 16.5. The number of aromatic nitrogens is 1. The maximum absolute atomic E-state index is 12.7. The number of hydrogen-bond acceptors (Lipinski definition) is 5. The minimum absolute atomic E-state index is 0.0291. The van der Waals surface area contributed by atoms with Gasteiger partial charge in [-0.3, -0.25) is 9.69 Å². The van der Waals surface area contributed by atoms with Crippen LogP contribution in [0.1, 0.15) is 49.4 Å². The number of carbonyl (C=O) groups excluding carboxylic acids is 1. The second-order valence-corrected chi connectivity index (χ2v) is 6.86. The molecule has 1 aromatic heterocycles. The second-order valence-electron chi connectivity index (χ2n) is 6.86. The highest BCUT2D eigenvalue weighted by Crippen LogP contribution is 2.27. The molecule has 2 aliphatic heterocycles. The summed E-state index contributed by atoms with van der Waals surface area (Å²) < 4.78 is 10.7. The fraction of sp³-hybridized carbons (Fsp3) is 0.765. The maximum atomic E-state index is 12.7. The van der Waals surface area contributed by atoms with Crippen molar-refractivity contribution in [2.24, 2.45) is 5.92 Å². The van der Waals surface area contributed by atoms with Crippen molar-refractivity contribution < 1.29 is 14.1 Å². The molecule has 0 N–H and O–H groups in total. The van der Waals surface area contributed by atoms with E-state index in [2.05, 4.69) is 17.0 Å². The van der Waals surface area contributed by atoms with Crippen LogP contribution >= 0.6 is 0 Å². The van der Waals surface area contributed by atoms with Gasteiger partial charge in [-0.25, -0.2) is 0 Å². The smallest absolute Gasteiger partial charge is 0.292 e. The number of carbonyl (C=O) groups is 1. The third kappa shape index (κ3) is 3.43. The van der Waals surface area contributed by atoms with Crippen LogP contribution in [0.25, 0.3) is 0 Å². The molecule has 0 saturated carbocycles. The van der Waals surface area contributed by atoms with Crippen LogP contribution in [0.3, 0.4) is 0 Å². The molecule has 2 atom stereocenters. The molecule has 0 spiro atoms. The first-order valence-electron chi connectivity index (χ1n) is 8.67. The number of hydrogen-bond donors (Lipinski definition) is 0. The van der Waals surface area contributed by atoms with Gasteiger partial charge in [-0.1, -0.05) is 32.3 Å². The lowest BCUT2D eigenvalue weighted by atomic mass is 9.99. The van der Waals surface area contributed by atoms with Crippen molar-refractivity contribution in [3.8, 4) is 0 Å². The Morgan fingerprint density at radius 3 is 2.70 bits per heavy atom. The molecule has 2 saturated heterocycles. The summed E-state index contributed by atoms with van der Waals surface area (Å²) in [4.78, 5) is 17.1. The Hall–Kier alpha value is -1.40. The van der Waals surface area contributed by atoms with E-state index >= 15 is 0 Å². The molecule has 128 valence electrons. The standard InChI is InChI=1S/C17H27N3O3/c1-4-13-10-20(11-15(13)19-5-7-22-8-6-19)17(21)16-9-14(12(2)3)18-23-16/h9,12-13,15H,4-8,10-11H2,1-3H3/t13-,15+/m0/s1. The lowest BCUT2D eigenvalue weighted by molar-refractivity contribution is 0.0102. The predicted octanol–water partition coefficient (Wildman–Crippen LogP) is 1.98. The Kier molecular flexibility index (Phi) is 5.02. The summed E-state index contributed by atoms with van der Waals surface area (Å²) in [5.74, 6) is 1.12. The average molecular weight is 321 g/mol. The van der Waals surface area contributed by atoms with Crippen LogP contribution in [0, 0.1) is 5.92 Å². The summed E-state index contributed by atoms with van der Waals surface area (Å²) >= 11 is 0. The lowest BCUT2D eigenvalue weighted by Gasteiger charge is -2.34. The molecule has 23 heavy (non-hydrogen) atoms. The van der Waals surface area contributed by atoms with Crippen molar-refractivity contribution in [2.45, 2.75) is 39.2 Å². The Balaban J connectivity index is 1.69. The van der Waals surface area contributed by atoms with Crippen molar-refractivity contribution in [3.63, 3.8) is 0 Å². The number of amides is 1. The SMILES string of the molecule is CC[C@H]1CN(C(=O)c2cc(C(C)C)no2)C[C@H]1N1CCOCC1. The number of likely N-dealkylation sites (tertiary alicyclic amines) is 1. The van der Waals surface area contributed by atoms with E-state index in [0.29, 0.717) is 17.7 Å². The third-order valence-corrected chi connectivity index (χ3v) is 5.06. The van der Waals surface area contributed by atoms with Crippen LogP contribution in [0.15, 0.2) is 10.6 Å². The zero-order chi connectivity index (χ0) is 16.4. The van der Waals surface area contributed by atoms with Gasteiger partial charge in [0.15, 0.2) is 0 Å². The summed E-state index contributed by atoms with van der Waals surface area (Å²) in [5.41, 5.74) is 0.837. The van der Waals surface area contributed by atoms with Gasteiger partial charge in [0.2, 0.25) is 5.76 Å². The van der Waals surface area contributed by atoms with Gasteiger partial charge in [0.25, 0.3) is 5.91 Å². The number of rotatable bonds is 4. The largest absolute Gasteiger partial charge is 0.379 e. The third-order valence-electron chi connectivity index (χ3n) is 5.06. The van der Waals surface area contributed by atoms with Gasteiger partial charge in [-0.2, -0.15) is 0 Å². The zero-order valence-electron chi connectivity index (χ0n) is 14.3. The Bertz CT molecular complexity index is 537. The van der Waals surface area contributed by atoms with Crippen LogP contribution in [-0.2, 0) is 4.74 Å². The molecular formula is C17H27N3O3. The lowest BCUT2D eigenvalue weighted by Crippen LogP contribution is -2.47. The van der Waals surface area contributed by atoms with Gasteiger partial charge >= 0.3 is 0 Å². The summed E-state index contributed by atoms with van der Waals surface area (Å²) in [5, 5.41) is 4.01. The fourth-order valence-electron chi connectivity index (χ4n) is 3.56. The quantitative estimate of drug-likeness (QED) is 0.849. The minimum atomic E-state index is -0.0291. The van der Waals surface area contributed by atoms with E-state index in [1.54, 1.807) is 6.07 Å². The minimum Gasteiger partial charge on any atom is -0.379 e. The van der Waals surface area contributed by atoms with Crippen molar-refractivity contribution in [1.29, 1.82) is 0 Å². The molecule has 0 bridgehead atoms. The van der Waals surface area contributed by atoms with Gasteiger partial charge in [0.1, 0.15) is 0 Å². The van der Waals surface area contributed by atoms with Crippen molar-refractivity contribution in [1.82, 2.24) is 15.0 Å². The molecule has 1 amide bonds. The number of morpholine rings is 1. The van der Waals surface area contributed by atoms with Crippen LogP contribution in [0.5, 0.6) is 0 Å². The normalized spacial score (nSPS) is 26.2. The van der Waals surface area contributed by atoms with E-state index in [4.69, 9.17) is 9.26 Å². The van der Waals surface area contributed by atoms with Crippen molar-refractivity contribution >= 4 is 5.91 Å². The van der Waals surface area contributed by atoms with Crippen LogP contribution in [0.2, 0.25) is 0 Å². The Labute approximate surface area is 137 Å². The zero-order valence-corrected chi connectivity index (χ0v) is 14.3. The first-order valence-corrected chi connectivity index (χ1v) is 8.67. The molecular weight excluding hydrogens is 294 g/mol. The van der Waals surface area contributed by atoms with Crippen LogP contribution in [0.4, 0.5) is 0 Å². The molecule has 6 heteroatoms. The molecule has 1 aromatic rings. The summed E-state index contributed by atoms with van der Waals surface area (Å²) in [6.45, 7) is 11.4. The Morgan fingerprint density at radius 1 is 1.35 bits per heavy atom. The van der Waals surface area contributed by atoms with E-state index in [0.717, 1.165) is 51.5 Å². The predicted molar refractivity (Wildman–Crippen MR) is 86.5 cm³/mol. The highest BCUT2D eigenvalue weighted by atomic mass is 16.5. The van der Waals surface area contributed by atoms with Crippen LogP contribution in [-0.4, -0.2) is 66.3 Å². The molecule has 2 fully saturated rings. The van der Waals surface area contributed by atoms with Gasteiger partial charge < -0.3 is 14.2 Å². The summed E-state index contributed by atoms with van der Waals surface area (Å²) in [6, 6.07) is 2.22. The van der Waals surface area contributed by atoms with E-state index in [9.17, 15) is 4.79 Å². The first-order chi connectivity index (χ1) is 11.1. The maximum Gasteiger partial charge on any atom is 0.292 e. The highest BCUT2D eigenvalue weighted by molar-refractivity contribution is 5.91. The van der Waals surface area contributed by atoms with Gasteiger partial charge in [-0.15, -0.1) is 0 Å². The van der Waals surface area contributed by atoms with Crippen molar-refractivity contribution in [2.75, 3.05) is 39.4 Å². The molecule has 0 unspecified atom stereocenters. The molecule has 6 nitrogen and oxygen atoms in total. The summed E-state index contributed by atoms with van der Waals surface area (Å²) in [7, 11) is 0. The monoisotopic (exact) mass is 321 g/mol. The summed E-state index contributed by atoms with van der Waals surface area (Å²) in [6.07, 6.45) is 1.08. The molecule has 3 rings (SSSR count). The van der Waals surface area contributed by atoms with E-state index in [1.165, 1.54) is 0 Å². The van der Waals surface area contributed by atoms with E-state index < -0.39 is 0 Å². The molecule has 2 aliphatic rings. The fourth-order valence-corrected chi connectivity index (χ4v) is 3.56. The number of ether oxygens (including phenoxy) is 1. The van der Waals surface area contributed by atoms with E-state index in [-0.39, 0.29) is 11.8 Å². The molecule has 3 heterocycles. The molecule has 0 radical (unpaired) electrons. The topological polar surface area (TPSA) is 58.8 Å². The van der Waals surface area contributed by atoms with Gasteiger partial charge in [0.05, 0.1) is 18.9 Å². The molecule has 0 aromatic carbocycles.